The number of nitrogens with zero attached hydrogens (tertiary/aromatic N) is 1. The summed E-state index contributed by atoms with van der Waals surface area (Å²) in [7, 11) is -3.61. The number of nitrogens with one attached hydrogen (secondary N) is 3. The molecule has 0 saturated carbocycles. The van der Waals surface area contributed by atoms with Gasteiger partial charge in [0.25, 0.3) is 0 Å². The largest absolute Gasteiger partial charge is 0.481 e. The number of rotatable bonds is 14. The number of ether oxygens (including phenoxy) is 1. The number of carbonyl (C=O) groups excluding carboxylic acids is 4. The zero-order valence-corrected chi connectivity index (χ0v) is 26.3. The van der Waals surface area contributed by atoms with Crippen molar-refractivity contribution in [3.8, 4) is 0 Å². The van der Waals surface area contributed by atoms with Gasteiger partial charge in [-0.05, 0) is 23.8 Å². The Labute approximate surface area is 261 Å². The second-order valence-corrected chi connectivity index (χ2v) is 13.7. The van der Waals surface area contributed by atoms with E-state index in [0.717, 1.165) is 17.7 Å². The van der Waals surface area contributed by atoms with Crippen molar-refractivity contribution in [3.05, 3.63) is 47.4 Å². The normalized spacial score (nSPS) is 17.2. The van der Waals surface area contributed by atoms with E-state index >= 15 is 0 Å². The zero-order chi connectivity index (χ0) is 33.9. The van der Waals surface area contributed by atoms with Crippen molar-refractivity contribution in [1.29, 1.82) is 0 Å². The number of aliphatic carboxylic acids is 2. The van der Waals surface area contributed by atoms with Crippen LogP contribution in [0.5, 0.6) is 0 Å². The Morgan fingerprint density at radius 2 is 1.62 bits per heavy atom. The zero-order valence-electron chi connectivity index (χ0n) is 25.5. The third-order valence-electron chi connectivity index (χ3n) is 6.72. The molecule has 1 aliphatic rings. The lowest BCUT2D eigenvalue weighted by Crippen LogP contribution is -2.60. The molecule has 16 heteroatoms. The molecule has 0 unspecified atom stereocenters. The topological polar surface area (TPSA) is 226 Å². The maximum Gasteiger partial charge on any atom is 0.408 e. The van der Waals surface area contributed by atoms with Crippen LogP contribution < -0.4 is 16.0 Å². The van der Waals surface area contributed by atoms with Crippen molar-refractivity contribution in [2.45, 2.75) is 77.2 Å². The van der Waals surface area contributed by atoms with Crippen molar-refractivity contribution in [2.24, 2.45) is 5.41 Å². The Hall–Kier alpha value is -4.47. The van der Waals surface area contributed by atoms with E-state index in [-0.39, 0.29) is 19.6 Å². The van der Waals surface area contributed by atoms with Crippen molar-refractivity contribution < 1.29 is 52.1 Å². The maximum atomic E-state index is 13.8. The van der Waals surface area contributed by atoms with Crippen LogP contribution in [0, 0.1) is 5.41 Å². The number of carboxylic acid groups (broad SMARTS) is 2. The van der Waals surface area contributed by atoms with E-state index in [1.165, 1.54) is 4.90 Å². The fourth-order valence-electron chi connectivity index (χ4n) is 4.52. The highest BCUT2D eigenvalue weighted by Crippen LogP contribution is 2.26. The molecule has 1 aliphatic heterocycles. The monoisotopic (exact) mass is 652 g/mol. The number of alkyl carbamates (subject to hydrolysis) is 1. The van der Waals surface area contributed by atoms with Gasteiger partial charge in [0.15, 0.2) is 9.84 Å². The molecule has 4 amide bonds. The van der Waals surface area contributed by atoms with Gasteiger partial charge in [0, 0.05) is 18.2 Å². The fraction of sp³-hybridized carbons (Fsp3) is 0.517. The van der Waals surface area contributed by atoms with Gasteiger partial charge in [-0.25, -0.2) is 13.2 Å². The average molecular weight is 653 g/mol. The lowest BCUT2D eigenvalue weighted by Gasteiger charge is -2.36. The quantitative estimate of drug-likeness (QED) is 0.189. The van der Waals surface area contributed by atoms with Crippen LogP contribution in [-0.2, 0) is 45.2 Å². The van der Waals surface area contributed by atoms with E-state index in [0.29, 0.717) is 12.0 Å². The Kier molecular flexibility index (Phi) is 13.1. The Balaban J connectivity index is 2.20. The molecule has 0 bridgehead atoms. The summed E-state index contributed by atoms with van der Waals surface area (Å²) in [4.78, 5) is 76.7. The predicted molar refractivity (Wildman–Crippen MR) is 160 cm³/mol. The first-order valence-electron chi connectivity index (χ1n) is 14.1. The first-order valence-corrected chi connectivity index (χ1v) is 16.0. The van der Waals surface area contributed by atoms with Crippen LogP contribution in [0.25, 0.3) is 0 Å². The van der Waals surface area contributed by atoms with Crippen LogP contribution >= 0.6 is 0 Å². The molecule has 1 saturated heterocycles. The standard InChI is InChI=1S/C29H40N4O11S/c1-29(2,3)24(32-25(38)20(16-23(36)37)31-28(41)44-17-18-9-6-5-7-10-18)27(40)33-13-8-11-21(33)26(39)30-19(15-22(34)35)12-14-45(4,42)43/h5-7,9-10,12,14,19-21,24H,8,11,13,15-17H2,1-4H3,(H,30,39)(H,31,41)(H,32,38)(H,34,35)(H,36,37)/t19-,20+,21-,24+/m1/s1. The molecule has 1 fully saturated rings. The SMILES string of the molecule is CC(C)(C)[C@@H](NC(=O)[C@H](CC(=O)O)NC(=O)OCc1ccccc1)C(=O)N1CCC[C@@H]1C(=O)N[C@H](C=CS(C)(=O)=O)CC(=O)O. The second kappa shape index (κ2) is 16.0. The van der Waals surface area contributed by atoms with Gasteiger partial charge in [0.2, 0.25) is 17.7 Å². The smallest absolute Gasteiger partial charge is 0.408 e. The Morgan fingerprint density at radius 3 is 2.18 bits per heavy atom. The number of carbonyl (C=O) groups is 6. The van der Waals surface area contributed by atoms with Gasteiger partial charge in [-0.1, -0.05) is 57.2 Å². The molecular weight excluding hydrogens is 612 g/mol. The van der Waals surface area contributed by atoms with E-state index in [9.17, 15) is 47.4 Å². The average Bonchev–Trinajstić information content (AvgIpc) is 3.42. The summed E-state index contributed by atoms with van der Waals surface area (Å²) < 4.78 is 28.2. The summed E-state index contributed by atoms with van der Waals surface area (Å²) in [5, 5.41) is 26.6. The molecule has 15 nitrogen and oxygen atoms in total. The summed E-state index contributed by atoms with van der Waals surface area (Å²) in [5.41, 5.74) is -0.280. The van der Waals surface area contributed by atoms with Crippen molar-refractivity contribution in [2.75, 3.05) is 12.8 Å². The molecule has 2 rings (SSSR count). The summed E-state index contributed by atoms with van der Waals surface area (Å²) in [6.45, 7) is 4.94. The summed E-state index contributed by atoms with van der Waals surface area (Å²) in [6, 6.07) is 3.57. The van der Waals surface area contributed by atoms with Crippen molar-refractivity contribution in [3.63, 3.8) is 0 Å². The molecule has 5 N–H and O–H groups in total. The van der Waals surface area contributed by atoms with E-state index in [1.54, 1.807) is 51.1 Å². The van der Waals surface area contributed by atoms with Gasteiger partial charge in [-0.3, -0.25) is 24.0 Å². The highest BCUT2D eigenvalue weighted by molar-refractivity contribution is 7.93. The number of hydrogen-bond acceptors (Lipinski definition) is 9. The molecule has 1 heterocycles. The molecule has 0 aliphatic carbocycles. The third-order valence-corrected chi connectivity index (χ3v) is 7.37. The van der Waals surface area contributed by atoms with Crippen LogP contribution in [0.3, 0.4) is 0 Å². The molecule has 0 spiro atoms. The van der Waals surface area contributed by atoms with Crippen molar-refractivity contribution >= 4 is 45.6 Å². The Morgan fingerprint density at radius 1 is 1.00 bits per heavy atom. The number of benzene rings is 1. The Bertz CT molecular complexity index is 1390. The van der Waals surface area contributed by atoms with Crippen molar-refractivity contribution in [1.82, 2.24) is 20.9 Å². The van der Waals surface area contributed by atoms with Crippen LogP contribution in [0.4, 0.5) is 4.79 Å². The highest BCUT2D eigenvalue weighted by atomic mass is 32.2. The third kappa shape index (κ3) is 12.6. The van der Waals surface area contributed by atoms with Gasteiger partial charge in [0.1, 0.15) is 24.7 Å². The summed E-state index contributed by atoms with van der Waals surface area (Å²) in [5.74, 6) is -5.02. The highest BCUT2D eigenvalue weighted by Gasteiger charge is 2.43. The minimum absolute atomic E-state index is 0.130. The number of carboxylic acids is 2. The molecule has 1 aromatic carbocycles. The van der Waals surface area contributed by atoms with Gasteiger partial charge in [0.05, 0.1) is 18.9 Å². The second-order valence-electron chi connectivity index (χ2n) is 11.7. The molecular formula is C29H40N4O11S. The summed E-state index contributed by atoms with van der Waals surface area (Å²) in [6.07, 6.45) is 0.119. The van der Waals surface area contributed by atoms with Crippen LogP contribution in [0.1, 0.15) is 52.0 Å². The molecule has 0 aromatic heterocycles. The van der Waals surface area contributed by atoms with Crippen LogP contribution in [0.15, 0.2) is 41.8 Å². The predicted octanol–water partition coefficient (Wildman–Crippen LogP) is 0.796. The van der Waals surface area contributed by atoms with Crippen LogP contribution in [-0.4, -0.2) is 96.3 Å². The molecule has 0 radical (unpaired) electrons. The molecule has 4 atom stereocenters. The number of likely N-dealkylation sites (tertiary alicyclic amines) is 1. The van der Waals surface area contributed by atoms with Gasteiger partial charge < -0.3 is 35.8 Å². The maximum absolute atomic E-state index is 13.8. The fourth-order valence-corrected chi connectivity index (χ4v) is 5.00. The summed E-state index contributed by atoms with van der Waals surface area (Å²) >= 11 is 0. The van der Waals surface area contributed by atoms with E-state index in [2.05, 4.69) is 16.0 Å². The number of amides is 4. The molecule has 45 heavy (non-hydrogen) atoms. The van der Waals surface area contributed by atoms with E-state index in [1.807, 2.05) is 0 Å². The van der Waals surface area contributed by atoms with E-state index in [4.69, 9.17) is 4.74 Å². The number of sulfone groups is 1. The van der Waals surface area contributed by atoms with Crippen LogP contribution in [0.2, 0.25) is 0 Å². The number of hydrogen-bond donors (Lipinski definition) is 5. The van der Waals surface area contributed by atoms with Gasteiger partial charge >= 0.3 is 18.0 Å². The molecule has 1 aromatic rings. The molecule has 248 valence electrons. The lowest BCUT2D eigenvalue weighted by molar-refractivity contribution is -0.145. The minimum Gasteiger partial charge on any atom is -0.481 e. The van der Waals surface area contributed by atoms with Gasteiger partial charge in [-0.2, -0.15) is 0 Å². The first kappa shape index (κ1) is 36.7. The van der Waals surface area contributed by atoms with E-state index < -0.39 is 88.0 Å². The lowest BCUT2D eigenvalue weighted by atomic mass is 9.85. The minimum atomic E-state index is -3.61. The van der Waals surface area contributed by atoms with Gasteiger partial charge in [-0.15, -0.1) is 0 Å². The first-order chi connectivity index (χ1) is 20.9.